The number of ether oxygens (including phenoxy) is 1. The van der Waals surface area contributed by atoms with Crippen molar-refractivity contribution in [1.29, 1.82) is 0 Å². The van der Waals surface area contributed by atoms with E-state index in [1.54, 1.807) is 6.20 Å². The summed E-state index contributed by atoms with van der Waals surface area (Å²) in [5, 5.41) is 14.2. The van der Waals surface area contributed by atoms with Gasteiger partial charge in [-0.2, -0.15) is 0 Å². The third kappa shape index (κ3) is 3.66. The number of rotatable bonds is 6. The minimum atomic E-state index is -0.702. The second kappa shape index (κ2) is 7.94. The molecular weight excluding hydrogens is 341 g/mol. The molecule has 3 aromatic carbocycles. The van der Waals surface area contributed by atoms with Gasteiger partial charge in [0.15, 0.2) is 0 Å². The highest BCUT2D eigenvalue weighted by molar-refractivity contribution is 7.80. The summed E-state index contributed by atoms with van der Waals surface area (Å²) in [6.45, 7) is 0.413. The monoisotopic (exact) mass is 359 g/mol. The van der Waals surface area contributed by atoms with Gasteiger partial charge in [0.2, 0.25) is 0 Å². The Balaban J connectivity index is 1.74. The van der Waals surface area contributed by atoms with Crippen LogP contribution in [0.25, 0.3) is 0 Å². The number of H-pyrrole nitrogens is 1. The number of nitrogens with one attached hydrogen (secondary N) is 1. The van der Waals surface area contributed by atoms with Crippen LogP contribution in [0.2, 0.25) is 0 Å². The second-order valence-electron chi connectivity index (χ2n) is 5.74. The van der Waals surface area contributed by atoms with Crippen molar-refractivity contribution in [2.24, 2.45) is 0 Å². The maximum absolute atomic E-state index is 6.11. The Bertz CT molecular complexity index is 904. The molecule has 0 aliphatic rings. The van der Waals surface area contributed by atoms with Crippen molar-refractivity contribution in [3.63, 3.8) is 0 Å². The average molecular weight is 359 g/mol. The highest BCUT2D eigenvalue weighted by Gasteiger charge is 2.20. The van der Waals surface area contributed by atoms with E-state index in [9.17, 15) is 0 Å². The molecule has 0 aliphatic carbocycles. The molecule has 1 N–H and O–H groups in total. The number of para-hydroxylation sites is 1. The van der Waals surface area contributed by atoms with E-state index in [4.69, 9.17) is 4.74 Å². The van der Waals surface area contributed by atoms with E-state index in [0.29, 0.717) is 6.61 Å². The Kier molecular flexibility index (Phi) is 5.04. The van der Waals surface area contributed by atoms with Gasteiger partial charge in [0.25, 0.3) is 0 Å². The lowest BCUT2D eigenvalue weighted by Crippen LogP contribution is -2.22. The molecule has 4 aromatic rings. The van der Waals surface area contributed by atoms with Crippen molar-refractivity contribution in [3.05, 3.63) is 96.8 Å². The van der Waals surface area contributed by atoms with Gasteiger partial charge in [0.1, 0.15) is 12.4 Å². The molecule has 0 spiro atoms. The van der Waals surface area contributed by atoms with Crippen LogP contribution in [0.3, 0.4) is 0 Å². The van der Waals surface area contributed by atoms with Crippen LogP contribution in [-0.4, -0.2) is 15.4 Å². The van der Waals surface area contributed by atoms with E-state index < -0.39 is 7.92 Å². The topological polar surface area (TPSA) is 50.8 Å². The first-order valence-corrected chi connectivity index (χ1v) is 9.73. The molecule has 4 nitrogen and oxygen atoms in total. The number of benzene rings is 3. The molecule has 5 heteroatoms. The van der Waals surface area contributed by atoms with Gasteiger partial charge in [0, 0.05) is 5.30 Å². The van der Waals surface area contributed by atoms with E-state index in [2.05, 4.69) is 88.2 Å². The van der Waals surface area contributed by atoms with Crippen LogP contribution >= 0.6 is 7.92 Å². The summed E-state index contributed by atoms with van der Waals surface area (Å²) >= 11 is 0. The maximum atomic E-state index is 6.11. The van der Waals surface area contributed by atoms with Crippen molar-refractivity contribution >= 4 is 23.8 Å². The van der Waals surface area contributed by atoms with Gasteiger partial charge in [0.05, 0.1) is 11.9 Å². The first-order chi connectivity index (χ1) is 12.9. The Morgan fingerprint density at radius 1 is 0.769 bits per heavy atom. The highest BCUT2D eigenvalue weighted by Crippen LogP contribution is 2.36. The largest absolute Gasteiger partial charge is 0.487 e. The summed E-state index contributed by atoms with van der Waals surface area (Å²) in [5.41, 5.74) is 0.851. The minimum Gasteiger partial charge on any atom is -0.487 e. The minimum absolute atomic E-state index is 0.413. The fourth-order valence-corrected chi connectivity index (χ4v) is 5.18. The quantitative estimate of drug-likeness (QED) is 0.538. The van der Waals surface area contributed by atoms with Gasteiger partial charge in [-0.25, -0.2) is 0 Å². The lowest BCUT2D eigenvalue weighted by molar-refractivity contribution is 0.304. The van der Waals surface area contributed by atoms with Crippen molar-refractivity contribution in [2.45, 2.75) is 6.61 Å². The summed E-state index contributed by atoms with van der Waals surface area (Å²) < 4.78 is 6.11. The van der Waals surface area contributed by atoms with Gasteiger partial charge < -0.3 is 4.74 Å². The lowest BCUT2D eigenvalue weighted by atomic mass is 10.3. The molecule has 0 saturated carbocycles. The lowest BCUT2D eigenvalue weighted by Gasteiger charge is -2.22. The van der Waals surface area contributed by atoms with Crippen LogP contribution in [0.4, 0.5) is 0 Å². The predicted molar refractivity (Wildman–Crippen MR) is 106 cm³/mol. The first kappa shape index (κ1) is 16.5. The van der Waals surface area contributed by atoms with Gasteiger partial charge in [-0.3, -0.25) is 5.10 Å². The van der Waals surface area contributed by atoms with Crippen molar-refractivity contribution in [1.82, 2.24) is 15.4 Å². The van der Waals surface area contributed by atoms with Crippen LogP contribution in [0.5, 0.6) is 5.75 Å². The van der Waals surface area contributed by atoms with Crippen LogP contribution in [-0.2, 0) is 6.61 Å². The SMILES string of the molecule is c1ccc(P(c2ccccc2)c2ccccc2OCc2cnn[nH]2)cc1. The molecule has 0 bridgehead atoms. The van der Waals surface area contributed by atoms with E-state index in [-0.39, 0.29) is 0 Å². The fraction of sp³-hybridized carbons (Fsp3) is 0.0476. The van der Waals surface area contributed by atoms with Gasteiger partial charge in [-0.15, -0.1) is 5.10 Å². The number of hydrogen-bond acceptors (Lipinski definition) is 3. The normalized spacial score (nSPS) is 10.8. The molecule has 0 unspecified atom stereocenters. The summed E-state index contributed by atoms with van der Waals surface area (Å²) in [4.78, 5) is 0. The van der Waals surface area contributed by atoms with Crippen molar-refractivity contribution in [3.8, 4) is 5.75 Å². The van der Waals surface area contributed by atoms with Crippen LogP contribution < -0.4 is 20.7 Å². The van der Waals surface area contributed by atoms with Crippen molar-refractivity contribution in [2.75, 3.05) is 0 Å². The molecule has 0 fully saturated rings. The third-order valence-electron chi connectivity index (χ3n) is 3.98. The molecule has 26 heavy (non-hydrogen) atoms. The summed E-state index contributed by atoms with van der Waals surface area (Å²) in [6, 6.07) is 29.5. The Hall–Kier alpha value is -2.97. The third-order valence-corrected chi connectivity index (χ3v) is 6.46. The molecule has 0 saturated heterocycles. The number of nitrogens with zero attached hydrogens (tertiary/aromatic N) is 2. The standard InChI is InChI=1S/C21H18N3OP/c1-3-9-18(10-4-1)26(19-11-5-2-6-12-19)21-14-8-7-13-20(21)25-16-17-15-22-24-23-17/h1-15H,16H2,(H,22,23,24). The molecule has 128 valence electrons. The molecule has 0 amide bonds. The highest BCUT2D eigenvalue weighted by atomic mass is 31.1. The summed E-state index contributed by atoms with van der Waals surface area (Å²) in [6.07, 6.45) is 1.68. The molecule has 1 aromatic heterocycles. The zero-order valence-electron chi connectivity index (χ0n) is 14.1. The van der Waals surface area contributed by atoms with Gasteiger partial charge in [-0.1, -0.05) is 84.1 Å². The van der Waals surface area contributed by atoms with Crippen LogP contribution in [0, 0.1) is 0 Å². The second-order valence-corrected chi connectivity index (χ2v) is 7.93. The Morgan fingerprint density at radius 2 is 1.38 bits per heavy atom. The number of aromatic amines is 1. The molecular formula is C21H18N3OP. The zero-order valence-corrected chi connectivity index (χ0v) is 15.0. The first-order valence-electron chi connectivity index (χ1n) is 8.39. The summed E-state index contributed by atoms with van der Waals surface area (Å²) in [7, 11) is -0.702. The molecule has 1 heterocycles. The molecule has 0 aliphatic heterocycles. The van der Waals surface area contributed by atoms with Crippen LogP contribution in [0.15, 0.2) is 91.1 Å². The molecule has 0 atom stereocenters. The summed E-state index contributed by atoms with van der Waals surface area (Å²) in [5.74, 6) is 0.890. The number of hydrogen-bond donors (Lipinski definition) is 1. The number of aromatic nitrogens is 3. The molecule has 0 radical (unpaired) electrons. The Morgan fingerprint density at radius 3 is 2.00 bits per heavy atom. The Labute approximate surface area is 153 Å². The van der Waals surface area contributed by atoms with Crippen LogP contribution in [0.1, 0.15) is 5.69 Å². The van der Waals surface area contributed by atoms with Gasteiger partial charge in [-0.05, 0) is 24.6 Å². The van der Waals surface area contributed by atoms with Gasteiger partial charge >= 0.3 is 0 Å². The smallest absolute Gasteiger partial charge is 0.131 e. The fourth-order valence-electron chi connectivity index (χ4n) is 2.79. The van der Waals surface area contributed by atoms with E-state index >= 15 is 0 Å². The van der Waals surface area contributed by atoms with E-state index in [1.165, 1.54) is 15.9 Å². The van der Waals surface area contributed by atoms with E-state index in [1.807, 2.05) is 12.1 Å². The maximum Gasteiger partial charge on any atom is 0.131 e. The predicted octanol–water partition coefficient (Wildman–Crippen LogP) is 3.14. The van der Waals surface area contributed by atoms with Crippen molar-refractivity contribution < 1.29 is 4.74 Å². The zero-order chi connectivity index (χ0) is 17.6. The average Bonchev–Trinajstić information content (AvgIpc) is 3.23. The van der Waals surface area contributed by atoms with E-state index in [0.717, 1.165) is 11.4 Å². The molecule has 4 rings (SSSR count).